The standard InChI is InChI=1S/C7H15ClO2/c1-3-10-6-7(2,4-8)5-9/h9H,3-6H2,1-2H3. The fourth-order valence-electron chi connectivity index (χ4n) is 0.475. The highest BCUT2D eigenvalue weighted by molar-refractivity contribution is 6.18. The quantitative estimate of drug-likeness (QED) is 0.624. The first-order chi connectivity index (χ1) is 4.68. The van der Waals surface area contributed by atoms with Gasteiger partial charge in [0.1, 0.15) is 0 Å². The van der Waals surface area contributed by atoms with Crippen molar-refractivity contribution in [3.05, 3.63) is 0 Å². The Labute approximate surface area is 67.1 Å². The van der Waals surface area contributed by atoms with Crippen molar-refractivity contribution < 1.29 is 9.84 Å². The van der Waals surface area contributed by atoms with Crippen LogP contribution in [0.1, 0.15) is 13.8 Å². The second kappa shape index (κ2) is 4.94. The summed E-state index contributed by atoms with van der Waals surface area (Å²) >= 11 is 5.60. The van der Waals surface area contributed by atoms with Crippen molar-refractivity contribution >= 4 is 11.6 Å². The lowest BCUT2D eigenvalue weighted by Gasteiger charge is -2.23. The van der Waals surface area contributed by atoms with Gasteiger partial charge in [-0.05, 0) is 6.92 Å². The number of hydrogen-bond donors (Lipinski definition) is 1. The fraction of sp³-hybridized carbons (Fsp3) is 1.00. The minimum absolute atomic E-state index is 0.0799. The number of ether oxygens (including phenoxy) is 1. The van der Waals surface area contributed by atoms with E-state index in [1.807, 2.05) is 13.8 Å². The molecule has 0 rings (SSSR count). The van der Waals surface area contributed by atoms with Gasteiger partial charge in [0.15, 0.2) is 0 Å². The predicted octanol–water partition coefficient (Wildman–Crippen LogP) is 1.26. The van der Waals surface area contributed by atoms with Gasteiger partial charge in [-0.2, -0.15) is 0 Å². The van der Waals surface area contributed by atoms with Crippen LogP contribution in [0.25, 0.3) is 0 Å². The SMILES string of the molecule is CCOCC(C)(CO)CCl. The van der Waals surface area contributed by atoms with E-state index in [1.54, 1.807) is 0 Å². The maximum Gasteiger partial charge on any atom is 0.0553 e. The topological polar surface area (TPSA) is 29.5 Å². The molecule has 0 saturated carbocycles. The van der Waals surface area contributed by atoms with Gasteiger partial charge in [0.25, 0.3) is 0 Å². The van der Waals surface area contributed by atoms with Crippen LogP contribution in [0, 0.1) is 5.41 Å². The number of halogens is 1. The molecule has 0 aliphatic rings. The lowest BCUT2D eigenvalue weighted by molar-refractivity contribution is 0.0360. The first-order valence-electron chi connectivity index (χ1n) is 3.43. The van der Waals surface area contributed by atoms with Crippen LogP contribution >= 0.6 is 11.6 Å². The van der Waals surface area contributed by atoms with Gasteiger partial charge < -0.3 is 9.84 Å². The molecule has 0 amide bonds. The van der Waals surface area contributed by atoms with Crippen LogP contribution in [-0.2, 0) is 4.74 Å². The zero-order valence-electron chi connectivity index (χ0n) is 6.56. The van der Waals surface area contributed by atoms with E-state index in [1.165, 1.54) is 0 Å². The highest BCUT2D eigenvalue weighted by Gasteiger charge is 2.21. The minimum Gasteiger partial charge on any atom is -0.396 e. The lowest BCUT2D eigenvalue weighted by atomic mass is 9.96. The Bertz CT molecular complexity index is 81.7. The molecule has 0 radical (unpaired) electrons. The number of hydrogen-bond acceptors (Lipinski definition) is 2. The number of aliphatic hydroxyl groups is 1. The molecular formula is C7H15ClO2. The Kier molecular flexibility index (Phi) is 5.04. The molecule has 0 spiro atoms. The third-order valence-corrected chi connectivity index (χ3v) is 2.00. The highest BCUT2D eigenvalue weighted by atomic mass is 35.5. The average molecular weight is 167 g/mol. The van der Waals surface area contributed by atoms with Gasteiger partial charge in [-0.1, -0.05) is 6.92 Å². The predicted molar refractivity (Wildman–Crippen MR) is 42.4 cm³/mol. The Hall–Kier alpha value is 0.210. The van der Waals surface area contributed by atoms with E-state index in [9.17, 15) is 0 Å². The van der Waals surface area contributed by atoms with E-state index >= 15 is 0 Å². The third-order valence-electron chi connectivity index (χ3n) is 1.36. The largest absolute Gasteiger partial charge is 0.396 e. The molecule has 3 heteroatoms. The zero-order chi connectivity index (χ0) is 8.04. The van der Waals surface area contributed by atoms with Gasteiger partial charge >= 0.3 is 0 Å². The second-order valence-electron chi connectivity index (χ2n) is 2.74. The van der Waals surface area contributed by atoms with Gasteiger partial charge in [0, 0.05) is 17.9 Å². The summed E-state index contributed by atoms with van der Waals surface area (Å²) in [5.41, 5.74) is -0.266. The molecule has 10 heavy (non-hydrogen) atoms. The summed E-state index contributed by atoms with van der Waals surface area (Å²) in [5.74, 6) is 0.434. The van der Waals surface area contributed by atoms with Crippen LogP contribution in [0.4, 0.5) is 0 Å². The number of alkyl halides is 1. The van der Waals surface area contributed by atoms with E-state index in [4.69, 9.17) is 21.4 Å². The molecule has 1 atom stereocenters. The van der Waals surface area contributed by atoms with Crippen LogP contribution < -0.4 is 0 Å². The summed E-state index contributed by atoms with van der Waals surface area (Å²) in [6, 6.07) is 0. The van der Waals surface area contributed by atoms with Crippen LogP contribution in [-0.4, -0.2) is 30.8 Å². The maximum absolute atomic E-state index is 8.85. The molecule has 0 aromatic rings. The lowest BCUT2D eigenvalue weighted by Crippen LogP contribution is -2.29. The first-order valence-corrected chi connectivity index (χ1v) is 3.96. The number of aliphatic hydroxyl groups excluding tert-OH is 1. The normalized spacial score (nSPS) is 16.8. The molecule has 0 aliphatic heterocycles. The van der Waals surface area contributed by atoms with E-state index < -0.39 is 0 Å². The van der Waals surface area contributed by atoms with Gasteiger partial charge in [-0.3, -0.25) is 0 Å². The van der Waals surface area contributed by atoms with E-state index in [0.717, 1.165) is 0 Å². The molecule has 2 nitrogen and oxygen atoms in total. The van der Waals surface area contributed by atoms with Crippen molar-refractivity contribution in [1.82, 2.24) is 0 Å². The summed E-state index contributed by atoms with van der Waals surface area (Å²) in [6.07, 6.45) is 0. The molecule has 0 heterocycles. The summed E-state index contributed by atoms with van der Waals surface area (Å²) in [5, 5.41) is 8.85. The monoisotopic (exact) mass is 166 g/mol. The molecule has 1 unspecified atom stereocenters. The molecule has 62 valence electrons. The zero-order valence-corrected chi connectivity index (χ0v) is 7.32. The van der Waals surface area contributed by atoms with Crippen molar-refractivity contribution in [2.45, 2.75) is 13.8 Å². The Morgan fingerprint density at radius 3 is 2.50 bits per heavy atom. The number of rotatable bonds is 5. The van der Waals surface area contributed by atoms with Crippen molar-refractivity contribution in [2.75, 3.05) is 25.7 Å². The molecule has 0 aliphatic carbocycles. The summed E-state index contributed by atoms with van der Waals surface area (Å²) in [7, 11) is 0. The Balaban J connectivity index is 3.58. The highest BCUT2D eigenvalue weighted by Crippen LogP contribution is 2.17. The Morgan fingerprint density at radius 2 is 2.20 bits per heavy atom. The van der Waals surface area contributed by atoms with Crippen LogP contribution in [0.15, 0.2) is 0 Å². The molecular weight excluding hydrogens is 152 g/mol. The van der Waals surface area contributed by atoms with Crippen molar-refractivity contribution in [1.29, 1.82) is 0 Å². The van der Waals surface area contributed by atoms with Gasteiger partial charge in [-0.25, -0.2) is 0 Å². The first kappa shape index (κ1) is 10.2. The van der Waals surface area contributed by atoms with Crippen molar-refractivity contribution in [2.24, 2.45) is 5.41 Å². The summed E-state index contributed by atoms with van der Waals surface area (Å²) < 4.78 is 5.14. The second-order valence-corrected chi connectivity index (χ2v) is 3.01. The summed E-state index contributed by atoms with van der Waals surface area (Å²) in [4.78, 5) is 0. The van der Waals surface area contributed by atoms with Crippen LogP contribution in [0.5, 0.6) is 0 Å². The van der Waals surface area contributed by atoms with E-state index in [-0.39, 0.29) is 12.0 Å². The molecule has 0 aromatic carbocycles. The van der Waals surface area contributed by atoms with E-state index in [0.29, 0.717) is 19.1 Å². The van der Waals surface area contributed by atoms with Gasteiger partial charge in [0.05, 0.1) is 13.2 Å². The molecule has 0 saturated heterocycles. The van der Waals surface area contributed by atoms with E-state index in [2.05, 4.69) is 0 Å². The summed E-state index contributed by atoms with van der Waals surface area (Å²) in [6.45, 7) is 5.11. The minimum atomic E-state index is -0.266. The fourth-order valence-corrected chi connectivity index (χ4v) is 0.637. The third kappa shape index (κ3) is 3.40. The molecule has 0 fully saturated rings. The van der Waals surface area contributed by atoms with Crippen molar-refractivity contribution in [3.63, 3.8) is 0 Å². The Morgan fingerprint density at radius 1 is 1.60 bits per heavy atom. The van der Waals surface area contributed by atoms with Crippen LogP contribution in [0.3, 0.4) is 0 Å². The smallest absolute Gasteiger partial charge is 0.0553 e. The average Bonchev–Trinajstić information content (AvgIpc) is 2.00. The molecule has 0 aromatic heterocycles. The van der Waals surface area contributed by atoms with Crippen LogP contribution in [0.2, 0.25) is 0 Å². The molecule has 0 bridgehead atoms. The maximum atomic E-state index is 8.85. The van der Waals surface area contributed by atoms with Gasteiger partial charge in [0.2, 0.25) is 0 Å². The van der Waals surface area contributed by atoms with Crippen molar-refractivity contribution in [3.8, 4) is 0 Å². The molecule has 1 N–H and O–H groups in total. The van der Waals surface area contributed by atoms with Gasteiger partial charge in [-0.15, -0.1) is 11.6 Å².